The Bertz CT molecular complexity index is 944. The van der Waals surface area contributed by atoms with E-state index in [0.717, 1.165) is 11.6 Å². The van der Waals surface area contributed by atoms with Crippen LogP contribution in [-0.2, 0) is 11.2 Å². The average molecular weight is 419 g/mol. The van der Waals surface area contributed by atoms with Crippen LogP contribution < -0.4 is 10.4 Å². The van der Waals surface area contributed by atoms with Crippen LogP contribution in [0.15, 0.2) is 42.5 Å². The third-order valence-corrected chi connectivity index (χ3v) is 4.99. The summed E-state index contributed by atoms with van der Waals surface area (Å²) in [6.07, 6.45) is 0.246. The molecule has 0 atom stereocenters. The van der Waals surface area contributed by atoms with E-state index >= 15 is 0 Å². The van der Waals surface area contributed by atoms with Gasteiger partial charge >= 0.3 is 0 Å². The summed E-state index contributed by atoms with van der Waals surface area (Å²) in [6, 6.07) is 11.1. The van der Waals surface area contributed by atoms with E-state index < -0.39 is 10.8 Å². The zero-order valence-corrected chi connectivity index (χ0v) is 16.1. The van der Waals surface area contributed by atoms with E-state index in [-0.39, 0.29) is 23.6 Å². The molecule has 1 aliphatic heterocycles. The molecule has 0 aliphatic carbocycles. The van der Waals surface area contributed by atoms with Crippen molar-refractivity contribution < 1.29 is 19.7 Å². The SMILES string of the molecule is O=C(NO)c1cc([N+](=O)[O-])ccc1N1CCN(C(=O)Cc2cccc(Cl)c2)CC1. The topological polar surface area (TPSA) is 116 Å². The lowest BCUT2D eigenvalue weighted by Crippen LogP contribution is -2.49. The van der Waals surface area contributed by atoms with E-state index in [2.05, 4.69) is 0 Å². The zero-order chi connectivity index (χ0) is 21.0. The number of carbonyl (C=O) groups excluding carboxylic acids is 2. The van der Waals surface area contributed by atoms with Crippen LogP contribution in [0.1, 0.15) is 15.9 Å². The summed E-state index contributed by atoms with van der Waals surface area (Å²) in [5.41, 5.74) is 2.57. The molecule has 0 spiro atoms. The Balaban J connectivity index is 1.69. The molecule has 0 radical (unpaired) electrons. The lowest BCUT2D eigenvalue weighted by Gasteiger charge is -2.36. The number of non-ortho nitro benzene ring substituents is 1. The van der Waals surface area contributed by atoms with E-state index in [0.29, 0.717) is 36.9 Å². The maximum absolute atomic E-state index is 12.6. The minimum atomic E-state index is -0.830. The van der Waals surface area contributed by atoms with Crippen LogP contribution in [0.25, 0.3) is 0 Å². The number of halogens is 1. The predicted molar refractivity (Wildman–Crippen MR) is 106 cm³/mol. The predicted octanol–water partition coefficient (Wildman–Crippen LogP) is 2.26. The standard InChI is InChI=1S/C19H19ClN4O5/c20-14-3-1-2-13(10-14)11-18(25)23-8-6-22(7-9-23)17-5-4-15(24(28)29)12-16(17)19(26)21-27/h1-5,10,12,27H,6-9,11H2,(H,21,26). The van der Waals surface area contributed by atoms with Crippen molar-refractivity contribution in [2.24, 2.45) is 0 Å². The molecule has 2 N–H and O–H groups in total. The largest absolute Gasteiger partial charge is 0.367 e. The van der Waals surface area contributed by atoms with E-state index in [9.17, 15) is 19.7 Å². The van der Waals surface area contributed by atoms with Crippen molar-refractivity contribution in [2.45, 2.75) is 6.42 Å². The zero-order valence-electron chi connectivity index (χ0n) is 15.4. The summed E-state index contributed by atoms with van der Waals surface area (Å²) in [4.78, 5) is 38.5. The van der Waals surface area contributed by atoms with Gasteiger partial charge in [-0.2, -0.15) is 0 Å². The molecular formula is C19H19ClN4O5. The monoisotopic (exact) mass is 418 g/mol. The molecule has 1 heterocycles. The molecule has 3 rings (SSSR count). The Hall–Kier alpha value is -3.17. The Morgan fingerprint density at radius 2 is 1.86 bits per heavy atom. The number of rotatable bonds is 5. The van der Waals surface area contributed by atoms with Crippen molar-refractivity contribution in [3.05, 3.63) is 68.7 Å². The van der Waals surface area contributed by atoms with Gasteiger partial charge in [-0.3, -0.25) is 24.9 Å². The summed E-state index contributed by atoms with van der Waals surface area (Å²) in [5.74, 6) is -0.855. The number of benzene rings is 2. The molecule has 2 aromatic rings. The number of piperazine rings is 1. The quantitative estimate of drug-likeness (QED) is 0.437. The Morgan fingerprint density at radius 3 is 2.48 bits per heavy atom. The van der Waals surface area contributed by atoms with Gasteiger partial charge in [0.1, 0.15) is 0 Å². The van der Waals surface area contributed by atoms with Crippen molar-refractivity contribution >= 4 is 34.8 Å². The van der Waals surface area contributed by atoms with Crippen LogP contribution in [0.4, 0.5) is 11.4 Å². The molecule has 0 saturated carbocycles. The van der Waals surface area contributed by atoms with Crippen molar-refractivity contribution in [1.82, 2.24) is 10.4 Å². The molecule has 1 aliphatic rings. The molecule has 0 unspecified atom stereocenters. The van der Waals surface area contributed by atoms with E-state index in [1.165, 1.54) is 17.6 Å². The number of anilines is 1. The number of hydrogen-bond acceptors (Lipinski definition) is 6. The first kappa shape index (κ1) is 20.6. The van der Waals surface area contributed by atoms with Crippen molar-refractivity contribution in [3.8, 4) is 0 Å². The lowest BCUT2D eigenvalue weighted by molar-refractivity contribution is -0.384. The van der Waals surface area contributed by atoms with E-state index in [1.54, 1.807) is 23.1 Å². The van der Waals surface area contributed by atoms with Gasteiger partial charge in [0.2, 0.25) is 5.91 Å². The van der Waals surface area contributed by atoms with Gasteiger partial charge in [0, 0.05) is 43.3 Å². The van der Waals surface area contributed by atoms with Crippen LogP contribution in [0.3, 0.4) is 0 Å². The Morgan fingerprint density at radius 1 is 1.14 bits per heavy atom. The fourth-order valence-corrected chi connectivity index (χ4v) is 3.50. The van der Waals surface area contributed by atoms with Gasteiger partial charge in [-0.15, -0.1) is 0 Å². The van der Waals surface area contributed by atoms with Gasteiger partial charge in [0.15, 0.2) is 0 Å². The van der Waals surface area contributed by atoms with Crippen molar-refractivity contribution in [3.63, 3.8) is 0 Å². The minimum absolute atomic E-state index is 0.000374. The number of hydrogen-bond donors (Lipinski definition) is 2. The van der Waals surface area contributed by atoms with Crippen molar-refractivity contribution in [2.75, 3.05) is 31.1 Å². The number of nitrogens with one attached hydrogen (secondary N) is 1. The number of nitro groups is 1. The molecule has 10 heteroatoms. The van der Waals surface area contributed by atoms with Crippen LogP contribution in [0, 0.1) is 10.1 Å². The second-order valence-corrected chi connectivity index (χ2v) is 7.01. The van der Waals surface area contributed by atoms with E-state index in [4.69, 9.17) is 16.8 Å². The van der Waals surface area contributed by atoms with Gasteiger partial charge in [0.05, 0.1) is 22.6 Å². The molecule has 9 nitrogen and oxygen atoms in total. The highest BCUT2D eigenvalue weighted by Gasteiger charge is 2.25. The highest BCUT2D eigenvalue weighted by Crippen LogP contribution is 2.27. The maximum atomic E-state index is 12.6. The third-order valence-electron chi connectivity index (χ3n) is 4.75. The van der Waals surface area contributed by atoms with Gasteiger partial charge in [-0.05, 0) is 23.8 Å². The molecular weight excluding hydrogens is 400 g/mol. The van der Waals surface area contributed by atoms with Crippen LogP contribution in [0.2, 0.25) is 5.02 Å². The summed E-state index contributed by atoms with van der Waals surface area (Å²) in [6.45, 7) is 1.78. The Labute approximate surface area is 171 Å². The molecule has 1 fully saturated rings. The molecule has 0 aromatic heterocycles. The van der Waals surface area contributed by atoms with Gasteiger partial charge < -0.3 is 9.80 Å². The van der Waals surface area contributed by atoms with Gasteiger partial charge in [0.25, 0.3) is 11.6 Å². The number of carbonyl (C=O) groups is 2. The normalized spacial score (nSPS) is 13.9. The fourth-order valence-electron chi connectivity index (χ4n) is 3.29. The summed E-state index contributed by atoms with van der Waals surface area (Å²) < 4.78 is 0. The number of nitrogens with zero attached hydrogens (tertiary/aromatic N) is 3. The Kier molecular flexibility index (Phi) is 6.30. The molecule has 152 valence electrons. The van der Waals surface area contributed by atoms with Crippen LogP contribution in [0.5, 0.6) is 0 Å². The smallest absolute Gasteiger partial charge is 0.276 e. The van der Waals surface area contributed by atoms with Crippen molar-refractivity contribution in [1.29, 1.82) is 0 Å². The second kappa shape index (κ2) is 8.89. The molecule has 0 bridgehead atoms. The summed E-state index contributed by atoms with van der Waals surface area (Å²) in [5, 5.41) is 20.5. The molecule has 2 amide bonds. The highest BCUT2D eigenvalue weighted by molar-refractivity contribution is 6.30. The summed E-state index contributed by atoms with van der Waals surface area (Å²) >= 11 is 5.96. The minimum Gasteiger partial charge on any atom is -0.367 e. The number of nitro benzene ring substituents is 1. The first-order valence-electron chi connectivity index (χ1n) is 8.89. The third kappa shape index (κ3) is 4.82. The van der Waals surface area contributed by atoms with E-state index in [1.807, 2.05) is 11.0 Å². The van der Waals surface area contributed by atoms with Gasteiger partial charge in [-0.1, -0.05) is 23.7 Å². The fraction of sp³-hybridized carbons (Fsp3) is 0.263. The highest BCUT2D eigenvalue weighted by atomic mass is 35.5. The first-order valence-corrected chi connectivity index (χ1v) is 9.27. The average Bonchev–Trinajstić information content (AvgIpc) is 2.72. The number of amides is 2. The molecule has 1 saturated heterocycles. The van der Waals surface area contributed by atoms with Crippen LogP contribution in [-0.4, -0.2) is 53.0 Å². The van der Waals surface area contributed by atoms with Gasteiger partial charge in [-0.25, -0.2) is 5.48 Å². The number of hydroxylamine groups is 1. The second-order valence-electron chi connectivity index (χ2n) is 6.57. The van der Waals surface area contributed by atoms with Crippen LogP contribution >= 0.6 is 11.6 Å². The lowest BCUT2D eigenvalue weighted by atomic mass is 10.1. The molecule has 29 heavy (non-hydrogen) atoms. The molecule has 2 aromatic carbocycles. The first-order chi connectivity index (χ1) is 13.9. The maximum Gasteiger partial charge on any atom is 0.276 e. The summed E-state index contributed by atoms with van der Waals surface area (Å²) in [7, 11) is 0.